The molecular weight excluding hydrogens is 342 g/mol. The van der Waals surface area contributed by atoms with Crippen molar-refractivity contribution in [3.05, 3.63) is 54.9 Å². The quantitative estimate of drug-likeness (QED) is 0.740. The molecule has 8 heteroatoms. The van der Waals surface area contributed by atoms with Crippen molar-refractivity contribution >= 4 is 23.3 Å². The van der Waals surface area contributed by atoms with Gasteiger partial charge in [-0.05, 0) is 36.4 Å². The summed E-state index contributed by atoms with van der Waals surface area (Å²) >= 11 is 0. The van der Waals surface area contributed by atoms with Gasteiger partial charge in [-0.25, -0.2) is 4.98 Å². The van der Waals surface area contributed by atoms with Crippen molar-refractivity contribution in [3.8, 4) is 5.75 Å². The molecule has 0 radical (unpaired) electrons. The minimum absolute atomic E-state index is 0.477. The highest BCUT2D eigenvalue weighted by atomic mass is 16.5. The fraction of sp³-hybridized carbons (Fsp3) is 0.263. The number of pyridine rings is 1. The molecular formula is C19H21N7O. The Morgan fingerprint density at radius 2 is 1.67 bits per heavy atom. The smallest absolute Gasteiger partial charge is 0.249 e. The third kappa shape index (κ3) is 4.05. The van der Waals surface area contributed by atoms with E-state index in [1.165, 1.54) is 0 Å². The summed E-state index contributed by atoms with van der Waals surface area (Å²) in [7, 11) is 1.65. The second-order valence-electron chi connectivity index (χ2n) is 6.15. The summed E-state index contributed by atoms with van der Waals surface area (Å²) in [6.07, 6.45) is 3.53. The Balaban J connectivity index is 1.40. The van der Waals surface area contributed by atoms with Gasteiger partial charge < -0.3 is 19.9 Å². The molecule has 1 saturated heterocycles. The predicted octanol–water partition coefficient (Wildman–Crippen LogP) is 2.35. The van der Waals surface area contributed by atoms with Crippen LogP contribution in [0.25, 0.3) is 0 Å². The standard InChI is InChI=1S/C19H21N7O/c1-27-16-7-5-15(6-8-16)22-19-23-18(14-21-24-19)26-12-10-25(11-13-26)17-4-2-3-9-20-17/h2-9,14H,10-13H2,1H3,(H,22,23,24). The van der Waals surface area contributed by atoms with E-state index in [1.54, 1.807) is 13.3 Å². The lowest BCUT2D eigenvalue weighted by Gasteiger charge is -2.35. The maximum Gasteiger partial charge on any atom is 0.249 e. The summed E-state index contributed by atoms with van der Waals surface area (Å²) in [6.45, 7) is 3.50. The molecule has 1 aliphatic heterocycles. The normalized spacial score (nSPS) is 14.1. The third-order valence-electron chi connectivity index (χ3n) is 4.47. The SMILES string of the molecule is COc1ccc(Nc2nncc(N3CCN(c4ccccn4)CC3)n2)cc1. The summed E-state index contributed by atoms with van der Waals surface area (Å²) in [5.41, 5.74) is 0.884. The van der Waals surface area contributed by atoms with E-state index in [4.69, 9.17) is 4.74 Å². The minimum atomic E-state index is 0.477. The molecule has 3 aromatic rings. The largest absolute Gasteiger partial charge is 0.497 e. The number of nitrogens with zero attached hydrogens (tertiary/aromatic N) is 6. The van der Waals surface area contributed by atoms with Crippen LogP contribution in [0.5, 0.6) is 5.75 Å². The van der Waals surface area contributed by atoms with Crippen LogP contribution >= 0.6 is 0 Å². The van der Waals surface area contributed by atoms with Crippen LogP contribution in [0.4, 0.5) is 23.3 Å². The van der Waals surface area contributed by atoms with Crippen LogP contribution in [-0.2, 0) is 0 Å². The molecule has 0 unspecified atom stereocenters. The second-order valence-corrected chi connectivity index (χ2v) is 6.15. The molecule has 1 aromatic carbocycles. The maximum absolute atomic E-state index is 5.17. The Hall–Kier alpha value is -3.42. The first kappa shape index (κ1) is 17.0. The number of hydrogen-bond acceptors (Lipinski definition) is 8. The first-order valence-electron chi connectivity index (χ1n) is 8.83. The number of rotatable bonds is 5. The monoisotopic (exact) mass is 363 g/mol. The van der Waals surface area contributed by atoms with Gasteiger partial charge in [0, 0.05) is 38.1 Å². The second kappa shape index (κ2) is 7.86. The number of benzene rings is 1. The van der Waals surface area contributed by atoms with E-state index in [1.807, 2.05) is 48.7 Å². The average molecular weight is 363 g/mol. The van der Waals surface area contributed by atoms with E-state index >= 15 is 0 Å². The number of methoxy groups -OCH3 is 1. The van der Waals surface area contributed by atoms with Gasteiger partial charge in [0.25, 0.3) is 0 Å². The number of nitrogens with one attached hydrogen (secondary N) is 1. The predicted molar refractivity (Wildman–Crippen MR) is 105 cm³/mol. The Morgan fingerprint density at radius 3 is 2.33 bits per heavy atom. The molecule has 2 aromatic heterocycles. The number of ether oxygens (including phenoxy) is 1. The van der Waals surface area contributed by atoms with Crippen molar-refractivity contribution < 1.29 is 4.74 Å². The molecule has 0 saturated carbocycles. The fourth-order valence-electron chi connectivity index (χ4n) is 3.01. The van der Waals surface area contributed by atoms with Crippen molar-refractivity contribution in [2.75, 3.05) is 48.4 Å². The van der Waals surface area contributed by atoms with Crippen LogP contribution in [0.1, 0.15) is 0 Å². The molecule has 1 fully saturated rings. The van der Waals surface area contributed by atoms with Gasteiger partial charge in [-0.15, -0.1) is 5.10 Å². The molecule has 0 aliphatic carbocycles. The van der Waals surface area contributed by atoms with Crippen LogP contribution in [0.3, 0.4) is 0 Å². The van der Waals surface area contributed by atoms with Gasteiger partial charge in [-0.1, -0.05) is 6.07 Å². The van der Waals surface area contributed by atoms with Crippen molar-refractivity contribution in [2.45, 2.75) is 0 Å². The molecule has 1 N–H and O–H groups in total. The average Bonchev–Trinajstić information content (AvgIpc) is 2.75. The zero-order chi connectivity index (χ0) is 18.5. The van der Waals surface area contributed by atoms with Crippen molar-refractivity contribution in [1.82, 2.24) is 20.2 Å². The third-order valence-corrected chi connectivity index (χ3v) is 4.47. The van der Waals surface area contributed by atoms with Crippen molar-refractivity contribution in [1.29, 1.82) is 0 Å². The zero-order valence-electron chi connectivity index (χ0n) is 15.1. The number of aromatic nitrogens is 4. The highest BCUT2D eigenvalue weighted by molar-refractivity contribution is 5.55. The minimum Gasteiger partial charge on any atom is -0.497 e. The molecule has 0 bridgehead atoms. The molecule has 0 amide bonds. The Morgan fingerprint density at radius 1 is 0.926 bits per heavy atom. The highest BCUT2D eigenvalue weighted by Crippen LogP contribution is 2.20. The Bertz CT molecular complexity index is 865. The Kier molecular flexibility index (Phi) is 4.95. The molecule has 3 heterocycles. The number of anilines is 4. The van der Waals surface area contributed by atoms with E-state index in [0.717, 1.165) is 49.3 Å². The molecule has 0 atom stereocenters. The van der Waals surface area contributed by atoms with Gasteiger partial charge in [-0.3, -0.25) is 0 Å². The molecule has 4 rings (SSSR count). The summed E-state index contributed by atoms with van der Waals surface area (Å²) < 4.78 is 5.17. The lowest BCUT2D eigenvalue weighted by molar-refractivity contribution is 0.415. The van der Waals surface area contributed by atoms with Crippen LogP contribution in [0, 0.1) is 0 Å². The number of hydrogen-bond donors (Lipinski definition) is 1. The van der Waals surface area contributed by atoms with Gasteiger partial charge in [0.15, 0.2) is 5.82 Å². The van der Waals surface area contributed by atoms with Crippen LogP contribution < -0.4 is 19.9 Å². The van der Waals surface area contributed by atoms with Crippen LogP contribution in [0.15, 0.2) is 54.9 Å². The first-order valence-corrected chi connectivity index (χ1v) is 8.83. The molecule has 138 valence electrons. The number of piperazine rings is 1. The van der Waals surface area contributed by atoms with E-state index < -0.39 is 0 Å². The van der Waals surface area contributed by atoms with Crippen molar-refractivity contribution in [3.63, 3.8) is 0 Å². The van der Waals surface area contributed by atoms with Crippen molar-refractivity contribution in [2.24, 2.45) is 0 Å². The molecule has 1 aliphatic rings. The van der Waals surface area contributed by atoms with E-state index in [9.17, 15) is 0 Å². The topological polar surface area (TPSA) is 79.3 Å². The zero-order valence-corrected chi connectivity index (χ0v) is 15.1. The van der Waals surface area contributed by atoms with E-state index in [-0.39, 0.29) is 0 Å². The lowest BCUT2D eigenvalue weighted by Crippen LogP contribution is -2.47. The van der Waals surface area contributed by atoms with Gasteiger partial charge in [0.1, 0.15) is 11.6 Å². The fourth-order valence-corrected chi connectivity index (χ4v) is 3.01. The molecule has 27 heavy (non-hydrogen) atoms. The summed E-state index contributed by atoms with van der Waals surface area (Å²) in [5.74, 6) is 3.12. The summed E-state index contributed by atoms with van der Waals surface area (Å²) in [4.78, 5) is 13.5. The maximum atomic E-state index is 5.17. The van der Waals surface area contributed by atoms with E-state index in [2.05, 4.69) is 35.3 Å². The van der Waals surface area contributed by atoms with Gasteiger partial charge in [-0.2, -0.15) is 10.1 Å². The molecule has 0 spiro atoms. The van der Waals surface area contributed by atoms with E-state index in [0.29, 0.717) is 5.95 Å². The lowest BCUT2D eigenvalue weighted by atomic mass is 10.3. The first-order chi connectivity index (χ1) is 13.3. The van der Waals surface area contributed by atoms with Gasteiger partial charge >= 0.3 is 0 Å². The summed E-state index contributed by atoms with van der Waals surface area (Å²) in [5, 5.41) is 11.4. The van der Waals surface area contributed by atoms with Crippen LogP contribution in [0.2, 0.25) is 0 Å². The van der Waals surface area contributed by atoms with Gasteiger partial charge in [0.05, 0.1) is 13.3 Å². The molecule has 8 nitrogen and oxygen atoms in total. The van der Waals surface area contributed by atoms with Gasteiger partial charge in [0.2, 0.25) is 5.95 Å². The highest BCUT2D eigenvalue weighted by Gasteiger charge is 2.19. The summed E-state index contributed by atoms with van der Waals surface area (Å²) in [6, 6.07) is 13.6. The Labute approximate surface area is 157 Å². The van der Waals surface area contributed by atoms with Crippen LogP contribution in [-0.4, -0.2) is 53.5 Å².